The third-order valence-corrected chi connectivity index (χ3v) is 4.16. The molecule has 1 fully saturated rings. The van der Waals surface area contributed by atoms with Gasteiger partial charge in [0, 0.05) is 0 Å². The Hall–Kier alpha value is -0.0800. The molecule has 0 spiro atoms. The van der Waals surface area contributed by atoms with Crippen molar-refractivity contribution in [1.82, 2.24) is 5.32 Å². The minimum Gasteiger partial charge on any atom is -0.393 e. The molecule has 0 aromatic rings. The summed E-state index contributed by atoms with van der Waals surface area (Å²) in [4.78, 5) is 0. The van der Waals surface area contributed by atoms with Crippen molar-refractivity contribution in [2.45, 2.75) is 71.3 Å². The third kappa shape index (κ3) is 6.42. The van der Waals surface area contributed by atoms with Crippen molar-refractivity contribution in [3.63, 3.8) is 0 Å². The van der Waals surface area contributed by atoms with Crippen molar-refractivity contribution >= 4 is 0 Å². The molecule has 0 bridgehead atoms. The van der Waals surface area contributed by atoms with Gasteiger partial charge in [0.2, 0.25) is 0 Å². The van der Waals surface area contributed by atoms with Crippen LogP contribution in [-0.2, 0) is 0 Å². The molecule has 0 saturated heterocycles. The van der Waals surface area contributed by atoms with Crippen LogP contribution in [0.2, 0.25) is 0 Å². The summed E-state index contributed by atoms with van der Waals surface area (Å²) in [6.45, 7) is 6.85. The predicted molar refractivity (Wildman–Crippen MR) is 74.1 cm³/mol. The smallest absolute Gasteiger partial charge is 0.0543 e. The average molecular weight is 241 g/mol. The number of aliphatic hydroxyl groups excluding tert-OH is 1. The Labute approximate surface area is 107 Å². The highest BCUT2D eigenvalue weighted by atomic mass is 16.3. The SMILES string of the molecule is CCCCC(CC)CNCC1CCCC(O)C1. The first-order valence-electron chi connectivity index (χ1n) is 7.65. The number of hydrogen-bond donors (Lipinski definition) is 2. The van der Waals surface area contributed by atoms with E-state index in [1.807, 2.05) is 0 Å². The monoisotopic (exact) mass is 241 g/mol. The minimum atomic E-state index is -0.0300. The molecule has 17 heavy (non-hydrogen) atoms. The van der Waals surface area contributed by atoms with Crippen LogP contribution in [0.15, 0.2) is 0 Å². The van der Waals surface area contributed by atoms with Crippen LogP contribution in [0.3, 0.4) is 0 Å². The molecule has 2 heteroatoms. The molecule has 2 nitrogen and oxygen atoms in total. The van der Waals surface area contributed by atoms with Gasteiger partial charge in [-0.2, -0.15) is 0 Å². The summed E-state index contributed by atoms with van der Waals surface area (Å²) in [5.74, 6) is 1.56. The van der Waals surface area contributed by atoms with Gasteiger partial charge in [0.25, 0.3) is 0 Å². The number of rotatable bonds is 8. The Kier molecular flexibility index (Phi) is 7.87. The number of unbranched alkanes of at least 4 members (excludes halogenated alkanes) is 1. The Morgan fingerprint density at radius 1 is 1.29 bits per heavy atom. The summed E-state index contributed by atoms with van der Waals surface area (Å²) in [5.41, 5.74) is 0. The maximum Gasteiger partial charge on any atom is 0.0543 e. The topological polar surface area (TPSA) is 32.3 Å². The fourth-order valence-corrected chi connectivity index (χ4v) is 2.88. The quantitative estimate of drug-likeness (QED) is 0.683. The van der Waals surface area contributed by atoms with E-state index in [-0.39, 0.29) is 6.10 Å². The molecule has 3 unspecified atom stereocenters. The maximum atomic E-state index is 9.62. The Balaban J connectivity index is 2.08. The van der Waals surface area contributed by atoms with Gasteiger partial charge in [0.05, 0.1) is 6.10 Å². The first-order chi connectivity index (χ1) is 8.26. The lowest BCUT2D eigenvalue weighted by molar-refractivity contribution is 0.100. The summed E-state index contributed by atoms with van der Waals surface area (Å²) in [7, 11) is 0. The van der Waals surface area contributed by atoms with Gasteiger partial charge in [-0.15, -0.1) is 0 Å². The molecule has 1 rings (SSSR count). The lowest BCUT2D eigenvalue weighted by Crippen LogP contribution is -2.32. The van der Waals surface area contributed by atoms with Crippen molar-refractivity contribution in [2.24, 2.45) is 11.8 Å². The average Bonchev–Trinajstić information content (AvgIpc) is 2.33. The van der Waals surface area contributed by atoms with E-state index in [9.17, 15) is 5.11 Å². The Bertz CT molecular complexity index is 184. The summed E-state index contributed by atoms with van der Waals surface area (Å²) < 4.78 is 0. The normalized spacial score (nSPS) is 27.0. The molecule has 0 aromatic heterocycles. The summed E-state index contributed by atoms with van der Waals surface area (Å²) in [6.07, 6.45) is 9.85. The van der Waals surface area contributed by atoms with E-state index in [0.717, 1.165) is 25.3 Å². The van der Waals surface area contributed by atoms with E-state index in [4.69, 9.17) is 0 Å². The zero-order valence-electron chi connectivity index (χ0n) is 11.8. The largest absolute Gasteiger partial charge is 0.393 e. The van der Waals surface area contributed by atoms with Gasteiger partial charge < -0.3 is 10.4 Å². The van der Waals surface area contributed by atoms with E-state index < -0.39 is 0 Å². The van der Waals surface area contributed by atoms with E-state index in [1.165, 1.54) is 45.1 Å². The van der Waals surface area contributed by atoms with Crippen LogP contribution < -0.4 is 5.32 Å². The standard InChI is InChI=1S/C15H31NO/c1-3-5-7-13(4-2)11-16-12-14-8-6-9-15(17)10-14/h13-17H,3-12H2,1-2H3. The Morgan fingerprint density at radius 3 is 2.76 bits per heavy atom. The molecule has 0 amide bonds. The minimum absolute atomic E-state index is 0.0300. The van der Waals surface area contributed by atoms with Crippen LogP contribution in [0.5, 0.6) is 0 Å². The molecular weight excluding hydrogens is 210 g/mol. The summed E-state index contributed by atoms with van der Waals surface area (Å²) >= 11 is 0. The van der Waals surface area contributed by atoms with Gasteiger partial charge in [-0.3, -0.25) is 0 Å². The van der Waals surface area contributed by atoms with Crippen molar-refractivity contribution < 1.29 is 5.11 Å². The van der Waals surface area contributed by atoms with Gasteiger partial charge in [0.1, 0.15) is 0 Å². The van der Waals surface area contributed by atoms with Crippen molar-refractivity contribution in [3.05, 3.63) is 0 Å². The second-order valence-corrected chi connectivity index (χ2v) is 5.76. The van der Waals surface area contributed by atoms with Gasteiger partial charge in [-0.05, 0) is 50.6 Å². The van der Waals surface area contributed by atoms with Crippen molar-refractivity contribution in [1.29, 1.82) is 0 Å². The number of aliphatic hydroxyl groups is 1. The lowest BCUT2D eigenvalue weighted by atomic mass is 9.87. The highest BCUT2D eigenvalue weighted by Crippen LogP contribution is 2.23. The molecule has 0 aliphatic heterocycles. The molecule has 1 aliphatic carbocycles. The molecule has 102 valence electrons. The third-order valence-electron chi connectivity index (χ3n) is 4.16. The zero-order chi connectivity index (χ0) is 12.5. The molecule has 0 radical (unpaired) electrons. The van der Waals surface area contributed by atoms with Crippen molar-refractivity contribution in [3.8, 4) is 0 Å². The number of nitrogens with one attached hydrogen (secondary N) is 1. The highest BCUT2D eigenvalue weighted by Gasteiger charge is 2.19. The second kappa shape index (κ2) is 8.93. The fourth-order valence-electron chi connectivity index (χ4n) is 2.88. The van der Waals surface area contributed by atoms with Crippen LogP contribution in [0.4, 0.5) is 0 Å². The molecule has 2 N–H and O–H groups in total. The van der Waals surface area contributed by atoms with Gasteiger partial charge in [-0.1, -0.05) is 39.5 Å². The summed E-state index contributed by atoms with van der Waals surface area (Å²) in [5, 5.41) is 13.2. The van der Waals surface area contributed by atoms with Crippen LogP contribution in [-0.4, -0.2) is 24.3 Å². The highest BCUT2D eigenvalue weighted by molar-refractivity contribution is 4.74. The lowest BCUT2D eigenvalue weighted by Gasteiger charge is -2.26. The van der Waals surface area contributed by atoms with E-state index >= 15 is 0 Å². The fraction of sp³-hybridized carbons (Fsp3) is 1.00. The van der Waals surface area contributed by atoms with Gasteiger partial charge in [0.15, 0.2) is 0 Å². The maximum absolute atomic E-state index is 9.62. The van der Waals surface area contributed by atoms with Crippen LogP contribution in [0.1, 0.15) is 65.2 Å². The summed E-state index contributed by atoms with van der Waals surface area (Å²) in [6, 6.07) is 0. The Morgan fingerprint density at radius 2 is 2.12 bits per heavy atom. The van der Waals surface area contributed by atoms with Gasteiger partial charge >= 0.3 is 0 Å². The molecule has 0 heterocycles. The van der Waals surface area contributed by atoms with E-state index in [0.29, 0.717) is 5.92 Å². The first-order valence-corrected chi connectivity index (χ1v) is 7.65. The molecule has 3 atom stereocenters. The molecule has 0 aromatic carbocycles. The zero-order valence-corrected chi connectivity index (χ0v) is 11.8. The van der Waals surface area contributed by atoms with Gasteiger partial charge in [-0.25, -0.2) is 0 Å². The van der Waals surface area contributed by atoms with Crippen LogP contribution in [0.25, 0.3) is 0 Å². The van der Waals surface area contributed by atoms with Crippen molar-refractivity contribution in [2.75, 3.05) is 13.1 Å². The molecular formula is C15H31NO. The van der Waals surface area contributed by atoms with E-state index in [2.05, 4.69) is 19.2 Å². The molecule has 1 aliphatic rings. The predicted octanol–water partition coefficient (Wildman–Crippen LogP) is 3.34. The second-order valence-electron chi connectivity index (χ2n) is 5.76. The number of hydrogen-bond acceptors (Lipinski definition) is 2. The first kappa shape index (κ1) is 15.0. The van der Waals surface area contributed by atoms with E-state index in [1.54, 1.807) is 0 Å². The van der Waals surface area contributed by atoms with Crippen LogP contribution in [0, 0.1) is 11.8 Å². The van der Waals surface area contributed by atoms with Crippen LogP contribution >= 0.6 is 0 Å². The molecule has 1 saturated carbocycles.